The van der Waals surface area contributed by atoms with Crippen molar-refractivity contribution >= 4 is 50.7 Å². The van der Waals surface area contributed by atoms with Crippen molar-refractivity contribution in [3.63, 3.8) is 0 Å². The number of halogens is 3. The van der Waals surface area contributed by atoms with Gasteiger partial charge in [0.15, 0.2) is 6.10 Å². The monoisotopic (exact) mass is 490 g/mol. The van der Waals surface area contributed by atoms with E-state index in [0.717, 1.165) is 0 Å². The van der Waals surface area contributed by atoms with Gasteiger partial charge in [-0.05, 0) is 83.5 Å². The van der Waals surface area contributed by atoms with Crippen molar-refractivity contribution in [3.05, 3.63) is 87.6 Å². The molecule has 30 heavy (non-hydrogen) atoms. The largest absolute Gasteiger partial charge is 0.480 e. The lowest BCUT2D eigenvalue weighted by atomic mass is 10.1. The Kier molecular flexibility index (Phi) is 7.07. The first-order chi connectivity index (χ1) is 14.3. The summed E-state index contributed by atoms with van der Waals surface area (Å²) in [6.07, 6.45) is -0.792. The third kappa shape index (κ3) is 5.81. The summed E-state index contributed by atoms with van der Waals surface area (Å²) in [6.45, 7) is 1.61. The number of ether oxygens (including phenoxy) is 1. The molecule has 0 aromatic heterocycles. The van der Waals surface area contributed by atoms with Crippen molar-refractivity contribution in [2.45, 2.75) is 13.0 Å². The molecule has 0 aliphatic rings. The van der Waals surface area contributed by atoms with Gasteiger partial charge in [-0.25, -0.2) is 4.39 Å². The number of carbonyl (C=O) groups excluding carboxylic acids is 2. The van der Waals surface area contributed by atoms with Gasteiger partial charge in [-0.2, -0.15) is 0 Å². The van der Waals surface area contributed by atoms with Crippen molar-refractivity contribution in [1.82, 2.24) is 0 Å². The first kappa shape index (κ1) is 21.8. The second kappa shape index (κ2) is 9.73. The molecular weight excluding hydrogens is 475 g/mol. The summed E-state index contributed by atoms with van der Waals surface area (Å²) in [5.41, 5.74) is 1.25. The van der Waals surface area contributed by atoms with E-state index in [0.29, 0.717) is 32.2 Å². The number of anilines is 2. The molecule has 2 amide bonds. The van der Waals surface area contributed by atoms with E-state index in [9.17, 15) is 14.0 Å². The maximum absolute atomic E-state index is 13.0. The highest BCUT2D eigenvalue weighted by atomic mass is 79.9. The van der Waals surface area contributed by atoms with Crippen LogP contribution in [0.5, 0.6) is 5.75 Å². The normalized spacial score (nSPS) is 11.5. The van der Waals surface area contributed by atoms with Gasteiger partial charge in [-0.15, -0.1) is 0 Å². The lowest BCUT2D eigenvalue weighted by Crippen LogP contribution is -2.30. The average molecular weight is 492 g/mol. The Bertz CT molecular complexity index is 1080. The predicted molar refractivity (Wildman–Crippen MR) is 119 cm³/mol. The highest BCUT2D eigenvalue weighted by molar-refractivity contribution is 9.10. The van der Waals surface area contributed by atoms with Gasteiger partial charge in [0.2, 0.25) is 0 Å². The molecule has 8 heteroatoms. The van der Waals surface area contributed by atoms with E-state index in [4.69, 9.17) is 16.3 Å². The third-order valence-electron chi connectivity index (χ3n) is 4.06. The topological polar surface area (TPSA) is 67.4 Å². The fourth-order valence-corrected chi connectivity index (χ4v) is 3.31. The molecule has 0 spiro atoms. The Morgan fingerprint density at radius 2 is 1.73 bits per heavy atom. The summed E-state index contributed by atoms with van der Waals surface area (Å²) in [5.74, 6) is -0.672. The summed E-state index contributed by atoms with van der Waals surface area (Å²) in [4.78, 5) is 24.9. The van der Waals surface area contributed by atoms with E-state index >= 15 is 0 Å². The van der Waals surface area contributed by atoms with Crippen LogP contribution in [0.15, 0.2) is 71.2 Å². The Balaban J connectivity index is 1.64. The van der Waals surface area contributed by atoms with E-state index in [2.05, 4.69) is 26.6 Å². The van der Waals surface area contributed by atoms with Crippen LogP contribution in [0.25, 0.3) is 0 Å². The van der Waals surface area contributed by atoms with Crippen LogP contribution >= 0.6 is 27.5 Å². The fraction of sp³-hybridized carbons (Fsp3) is 0.0909. The van der Waals surface area contributed by atoms with Crippen LogP contribution in [0.2, 0.25) is 5.02 Å². The molecular formula is C22H17BrClFN2O3. The molecule has 0 saturated carbocycles. The molecule has 0 heterocycles. The van der Waals surface area contributed by atoms with E-state index in [-0.39, 0.29) is 17.6 Å². The van der Waals surface area contributed by atoms with Gasteiger partial charge in [0.25, 0.3) is 11.8 Å². The lowest BCUT2D eigenvalue weighted by Gasteiger charge is -2.16. The second-order valence-corrected chi connectivity index (χ2v) is 7.66. The summed E-state index contributed by atoms with van der Waals surface area (Å²) in [5, 5.41) is 5.94. The minimum atomic E-state index is -0.792. The summed E-state index contributed by atoms with van der Waals surface area (Å²) < 4.78 is 19.3. The summed E-state index contributed by atoms with van der Waals surface area (Å²) in [6, 6.07) is 16.9. The lowest BCUT2D eigenvalue weighted by molar-refractivity contribution is -0.122. The van der Waals surface area contributed by atoms with Crippen LogP contribution in [-0.4, -0.2) is 17.9 Å². The van der Waals surface area contributed by atoms with Crippen LogP contribution in [-0.2, 0) is 4.79 Å². The second-order valence-electron chi connectivity index (χ2n) is 6.37. The van der Waals surface area contributed by atoms with Crippen LogP contribution in [0, 0.1) is 5.82 Å². The molecule has 0 bridgehead atoms. The minimum Gasteiger partial charge on any atom is -0.480 e. The van der Waals surface area contributed by atoms with Crippen molar-refractivity contribution < 1.29 is 18.7 Å². The average Bonchev–Trinajstić information content (AvgIpc) is 2.72. The molecule has 3 aromatic rings. The van der Waals surface area contributed by atoms with Gasteiger partial charge in [0, 0.05) is 22.0 Å². The van der Waals surface area contributed by atoms with Gasteiger partial charge in [-0.3, -0.25) is 9.59 Å². The van der Waals surface area contributed by atoms with Gasteiger partial charge < -0.3 is 15.4 Å². The zero-order valence-corrected chi connectivity index (χ0v) is 18.1. The third-order valence-corrected chi connectivity index (χ3v) is 4.92. The Morgan fingerprint density at radius 1 is 1.00 bits per heavy atom. The first-order valence-electron chi connectivity index (χ1n) is 8.91. The Labute approximate surface area is 186 Å². The molecule has 154 valence electrons. The van der Waals surface area contributed by atoms with Gasteiger partial charge >= 0.3 is 0 Å². The zero-order valence-electron chi connectivity index (χ0n) is 15.8. The number of nitrogens with one attached hydrogen (secondary N) is 2. The van der Waals surface area contributed by atoms with Crippen LogP contribution < -0.4 is 15.4 Å². The number of rotatable bonds is 6. The molecule has 0 saturated heterocycles. The van der Waals surface area contributed by atoms with Crippen molar-refractivity contribution in [2.24, 2.45) is 0 Å². The highest BCUT2D eigenvalue weighted by Gasteiger charge is 2.17. The van der Waals surface area contributed by atoms with Gasteiger partial charge in [0.05, 0.1) is 4.47 Å². The Hall–Kier alpha value is -2.90. The maximum Gasteiger partial charge on any atom is 0.265 e. The molecule has 3 aromatic carbocycles. The van der Waals surface area contributed by atoms with Crippen LogP contribution in [0.4, 0.5) is 15.8 Å². The minimum absolute atomic E-state index is 0.339. The first-order valence-corrected chi connectivity index (χ1v) is 10.1. The molecule has 0 radical (unpaired) electrons. The zero-order chi connectivity index (χ0) is 21.7. The number of carbonyl (C=O) groups is 2. The molecule has 0 aliphatic heterocycles. The number of hydrogen-bond donors (Lipinski definition) is 2. The maximum atomic E-state index is 13.0. The summed E-state index contributed by atoms with van der Waals surface area (Å²) in [7, 11) is 0. The van der Waals surface area contributed by atoms with Crippen molar-refractivity contribution in [1.29, 1.82) is 0 Å². The smallest absolute Gasteiger partial charge is 0.265 e. The van der Waals surface area contributed by atoms with E-state index in [1.165, 1.54) is 24.3 Å². The molecule has 3 rings (SSSR count). The SMILES string of the molecule is CC(Oc1ccc(Cl)cc1Br)C(=O)Nc1cccc(C(=O)Nc2ccc(F)cc2)c1. The standard InChI is InChI=1S/C22H17BrClFN2O3/c1-13(30-20-10-5-15(24)12-19(20)23)21(28)27-18-4-2-3-14(11-18)22(29)26-17-8-6-16(25)7-9-17/h2-13H,1H3,(H,26,29)(H,27,28). The molecule has 5 nitrogen and oxygen atoms in total. The quantitative estimate of drug-likeness (QED) is 0.451. The van der Waals surface area contributed by atoms with E-state index < -0.39 is 6.10 Å². The summed E-state index contributed by atoms with van der Waals surface area (Å²) >= 11 is 9.25. The van der Waals surface area contributed by atoms with E-state index in [1.807, 2.05) is 0 Å². The Morgan fingerprint density at radius 3 is 2.43 bits per heavy atom. The molecule has 1 atom stereocenters. The van der Waals surface area contributed by atoms with E-state index in [1.54, 1.807) is 49.4 Å². The molecule has 2 N–H and O–H groups in total. The molecule has 0 aliphatic carbocycles. The highest BCUT2D eigenvalue weighted by Crippen LogP contribution is 2.29. The molecule has 1 unspecified atom stereocenters. The van der Waals surface area contributed by atoms with Crippen molar-refractivity contribution in [3.8, 4) is 5.75 Å². The predicted octanol–water partition coefficient (Wildman–Crippen LogP) is 5.90. The van der Waals surface area contributed by atoms with Crippen molar-refractivity contribution in [2.75, 3.05) is 10.6 Å². The van der Waals surface area contributed by atoms with Crippen LogP contribution in [0.3, 0.4) is 0 Å². The number of benzene rings is 3. The molecule has 0 fully saturated rings. The fourth-order valence-electron chi connectivity index (χ4n) is 2.53. The van der Waals surface area contributed by atoms with Crippen LogP contribution in [0.1, 0.15) is 17.3 Å². The number of amides is 2. The van der Waals surface area contributed by atoms with Gasteiger partial charge in [0.1, 0.15) is 11.6 Å². The number of hydrogen-bond acceptors (Lipinski definition) is 3. The van der Waals surface area contributed by atoms with Gasteiger partial charge in [-0.1, -0.05) is 17.7 Å².